The van der Waals surface area contributed by atoms with Crippen LogP contribution in [0.15, 0.2) is 48.5 Å². The van der Waals surface area contributed by atoms with Crippen LogP contribution in [-0.4, -0.2) is 5.91 Å². The molecule has 92 valence electrons. The van der Waals surface area contributed by atoms with Gasteiger partial charge >= 0.3 is 0 Å². The van der Waals surface area contributed by atoms with Gasteiger partial charge in [0.15, 0.2) is 0 Å². The molecule has 0 aliphatic rings. The molecule has 0 heterocycles. The first kappa shape index (κ1) is 12.9. The fourth-order valence-corrected chi connectivity index (χ4v) is 2.01. The smallest absolute Gasteiger partial charge is 0.255 e. The van der Waals surface area contributed by atoms with E-state index in [2.05, 4.69) is 5.32 Å². The minimum atomic E-state index is -0.199. The molecule has 4 heteroatoms. The second-order valence-corrected chi connectivity index (χ2v) is 4.46. The molecule has 2 aromatic carbocycles. The van der Waals surface area contributed by atoms with Crippen molar-refractivity contribution in [2.45, 2.75) is 5.88 Å². The van der Waals surface area contributed by atoms with E-state index in [9.17, 15) is 4.79 Å². The van der Waals surface area contributed by atoms with Crippen LogP contribution in [0.3, 0.4) is 0 Å². The molecular weight excluding hydrogens is 269 g/mol. The zero-order valence-corrected chi connectivity index (χ0v) is 11.0. The van der Waals surface area contributed by atoms with Crippen molar-refractivity contribution in [3.63, 3.8) is 0 Å². The van der Waals surface area contributed by atoms with Gasteiger partial charge in [0.25, 0.3) is 5.91 Å². The molecule has 0 aliphatic heterocycles. The fraction of sp³-hybridized carbons (Fsp3) is 0.0714. The molecule has 1 amide bonds. The summed E-state index contributed by atoms with van der Waals surface area (Å²) < 4.78 is 0. The number of benzene rings is 2. The Morgan fingerprint density at radius 1 is 1.11 bits per heavy atom. The number of hydrogen-bond acceptors (Lipinski definition) is 1. The van der Waals surface area contributed by atoms with E-state index in [-0.39, 0.29) is 5.91 Å². The number of rotatable bonds is 3. The van der Waals surface area contributed by atoms with Gasteiger partial charge in [-0.05, 0) is 29.8 Å². The van der Waals surface area contributed by atoms with Crippen LogP contribution in [0.25, 0.3) is 0 Å². The van der Waals surface area contributed by atoms with Gasteiger partial charge in [-0.25, -0.2) is 0 Å². The molecule has 2 aromatic rings. The molecule has 0 saturated carbocycles. The van der Waals surface area contributed by atoms with Crippen molar-refractivity contribution >= 4 is 34.8 Å². The van der Waals surface area contributed by atoms with E-state index in [1.165, 1.54) is 0 Å². The lowest BCUT2D eigenvalue weighted by molar-refractivity contribution is 0.102. The number of para-hydroxylation sites is 1. The summed E-state index contributed by atoms with van der Waals surface area (Å²) in [5.74, 6) is 0.154. The quantitative estimate of drug-likeness (QED) is 0.833. The summed E-state index contributed by atoms with van der Waals surface area (Å²) in [4.78, 5) is 12.0. The van der Waals surface area contributed by atoms with Gasteiger partial charge in [-0.3, -0.25) is 4.79 Å². The van der Waals surface area contributed by atoms with E-state index in [1.54, 1.807) is 24.3 Å². The first-order valence-electron chi connectivity index (χ1n) is 5.41. The SMILES string of the molecule is O=C(Nc1ccccc1CCl)c1cccc(Cl)c1. The largest absolute Gasteiger partial charge is 0.322 e. The maximum Gasteiger partial charge on any atom is 0.255 e. The topological polar surface area (TPSA) is 29.1 Å². The Bertz CT molecular complexity index is 569. The minimum absolute atomic E-state index is 0.199. The van der Waals surface area contributed by atoms with E-state index < -0.39 is 0 Å². The van der Waals surface area contributed by atoms with Gasteiger partial charge in [-0.2, -0.15) is 0 Å². The third kappa shape index (κ3) is 3.03. The van der Waals surface area contributed by atoms with Crippen LogP contribution < -0.4 is 5.32 Å². The summed E-state index contributed by atoms with van der Waals surface area (Å²) in [5.41, 5.74) is 2.12. The monoisotopic (exact) mass is 279 g/mol. The molecule has 0 fully saturated rings. The molecule has 0 spiro atoms. The Kier molecular flexibility index (Phi) is 4.24. The molecule has 2 nitrogen and oxygen atoms in total. The van der Waals surface area contributed by atoms with Crippen molar-refractivity contribution in [3.05, 3.63) is 64.7 Å². The Morgan fingerprint density at radius 3 is 2.61 bits per heavy atom. The second kappa shape index (κ2) is 5.89. The normalized spacial score (nSPS) is 10.1. The molecule has 0 atom stereocenters. The van der Waals surface area contributed by atoms with Crippen molar-refractivity contribution in [2.24, 2.45) is 0 Å². The predicted molar refractivity (Wildman–Crippen MR) is 75.4 cm³/mol. The lowest BCUT2D eigenvalue weighted by Crippen LogP contribution is -2.12. The van der Waals surface area contributed by atoms with Crippen LogP contribution in [0, 0.1) is 0 Å². The van der Waals surface area contributed by atoms with Crippen LogP contribution in [0.4, 0.5) is 5.69 Å². The lowest BCUT2D eigenvalue weighted by atomic mass is 10.1. The van der Waals surface area contributed by atoms with Crippen molar-refractivity contribution in [1.29, 1.82) is 0 Å². The van der Waals surface area contributed by atoms with Gasteiger partial charge in [-0.15, -0.1) is 11.6 Å². The number of nitrogens with one attached hydrogen (secondary N) is 1. The van der Waals surface area contributed by atoms with Crippen molar-refractivity contribution in [2.75, 3.05) is 5.32 Å². The zero-order chi connectivity index (χ0) is 13.0. The molecule has 2 rings (SSSR count). The fourth-order valence-electron chi connectivity index (χ4n) is 1.58. The highest BCUT2D eigenvalue weighted by Crippen LogP contribution is 2.19. The van der Waals surface area contributed by atoms with E-state index in [0.29, 0.717) is 16.5 Å². The Balaban J connectivity index is 2.21. The number of halogens is 2. The van der Waals surface area contributed by atoms with Gasteiger partial charge in [0.1, 0.15) is 0 Å². The highest BCUT2D eigenvalue weighted by molar-refractivity contribution is 6.31. The molecule has 0 aromatic heterocycles. The maximum absolute atomic E-state index is 12.0. The summed E-state index contributed by atoms with van der Waals surface area (Å²) in [6.45, 7) is 0. The van der Waals surface area contributed by atoms with Crippen LogP contribution >= 0.6 is 23.2 Å². The average molecular weight is 280 g/mol. The lowest BCUT2D eigenvalue weighted by Gasteiger charge is -2.09. The van der Waals surface area contributed by atoms with Crippen molar-refractivity contribution in [3.8, 4) is 0 Å². The zero-order valence-electron chi connectivity index (χ0n) is 9.49. The standard InChI is InChI=1S/C14H11Cl2NO/c15-9-11-4-1-2-7-13(11)17-14(18)10-5-3-6-12(16)8-10/h1-8H,9H2,(H,17,18). The summed E-state index contributed by atoms with van der Waals surface area (Å²) in [6.07, 6.45) is 0. The van der Waals surface area contributed by atoms with E-state index in [1.807, 2.05) is 24.3 Å². The number of carbonyl (C=O) groups excluding carboxylic acids is 1. The maximum atomic E-state index is 12.0. The molecular formula is C14H11Cl2NO. The molecule has 0 aliphatic carbocycles. The number of alkyl halides is 1. The molecule has 0 saturated heterocycles. The van der Waals surface area contributed by atoms with Gasteiger partial charge in [0, 0.05) is 22.2 Å². The van der Waals surface area contributed by atoms with Crippen molar-refractivity contribution in [1.82, 2.24) is 0 Å². The summed E-state index contributed by atoms with van der Waals surface area (Å²) in [7, 11) is 0. The van der Waals surface area contributed by atoms with Crippen LogP contribution in [0.5, 0.6) is 0 Å². The van der Waals surface area contributed by atoms with Gasteiger partial charge < -0.3 is 5.32 Å². The highest BCUT2D eigenvalue weighted by atomic mass is 35.5. The van der Waals surface area contributed by atoms with Gasteiger partial charge in [-0.1, -0.05) is 35.9 Å². The summed E-state index contributed by atoms with van der Waals surface area (Å²) in [6, 6.07) is 14.2. The number of amides is 1. The summed E-state index contributed by atoms with van der Waals surface area (Å²) >= 11 is 11.7. The Morgan fingerprint density at radius 2 is 1.89 bits per heavy atom. The van der Waals surface area contributed by atoms with Gasteiger partial charge in [0.05, 0.1) is 0 Å². The van der Waals surface area contributed by atoms with E-state index in [4.69, 9.17) is 23.2 Å². The average Bonchev–Trinajstić information content (AvgIpc) is 2.39. The van der Waals surface area contributed by atoms with Crippen LogP contribution in [-0.2, 0) is 5.88 Å². The van der Waals surface area contributed by atoms with Gasteiger partial charge in [0.2, 0.25) is 0 Å². The van der Waals surface area contributed by atoms with Crippen LogP contribution in [0.2, 0.25) is 5.02 Å². The number of hydrogen-bond donors (Lipinski definition) is 1. The Hall–Kier alpha value is -1.51. The number of anilines is 1. The predicted octanol–water partition coefficient (Wildman–Crippen LogP) is 4.33. The summed E-state index contributed by atoms with van der Waals surface area (Å²) in [5, 5.41) is 3.36. The molecule has 0 bridgehead atoms. The molecule has 0 radical (unpaired) electrons. The van der Waals surface area contributed by atoms with Crippen molar-refractivity contribution < 1.29 is 4.79 Å². The third-order valence-corrected chi connectivity index (χ3v) is 3.02. The third-order valence-electron chi connectivity index (χ3n) is 2.50. The van der Waals surface area contributed by atoms with Crippen LogP contribution in [0.1, 0.15) is 15.9 Å². The van der Waals surface area contributed by atoms with E-state index >= 15 is 0 Å². The minimum Gasteiger partial charge on any atom is -0.322 e. The molecule has 18 heavy (non-hydrogen) atoms. The second-order valence-electron chi connectivity index (χ2n) is 3.76. The first-order valence-corrected chi connectivity index (χ1v) is 6.33. The molecule has 1 N–H and O–H groups in total. The molecule has 0 unspecified atom stereocenters. The first-order chi connectivity index (χ1) is 8.70. The number of carbonyl (C=O) groups is 1. The highest BCUT2D eigenvalue weighted by Gasteiger charge is 2.08. The Labute approximate surface area is 116 Å². The van der Waals surface area contributed by atoms with E-state index in [0.717, 1.165) is 11.3 Å².